The fraction of sp³-hybridized carbons (Fsp3) is 0.300. The molecule has 68 valence electrons. The lowest BCUT2D eigenvalue weighted by Crippen LogP contribution is -2.27. The van der Waals surface area contributed by atoms with Crippen molar-refractivity contribution >= 4 is 11.6 Å². The van der Waals surface area contributed by atoms with Crippen molar-refractivity contribution in [3.63, 3.8) is 0 Å². The average molecular weight is 176 g/mol. The average Bonchev–Trinajstić information content (AvgIpc) is 2.47. The van der Waals surface area contributed by atoms with Gasteiger partial charge in [0, 0.05) is 24.7 Å². The van der Waals surface area contributed by atoms with E-state index in [9.17, 15) is 4.79 Å². The Morgan fingerprint density at radius 2 is 2.00 bits per heavy atom. The van der Waals surface area contributed by atoms with Gasteiger partial charge in [0.1, 0.15) is 0 Å². The Morgan fingerprint density at radius 1 is 1.31 bits per heavy atom. The lowest BCUT2D eigenvalue weighted by molar-refractivity contribution is -0.117. The molecule has 1 saturated heterocycles. The van der Waals surface area contributed by atoms with Crippen LogP contribution in [-0.2, 0) is 4.79 Å². The minimum Gasteiger partial charge on any atom is -0.326 e. The summed E-state index contributed by atoms with van der Waals surface area (Å²) in [5.41, 5.74) is 6.64. The summed E-state index contributed by atoms with van der Waals surface area (Å²) in [7, 11) is 0. The highest BCUT2D eigenvalue weighted by Crippen LogP contribution is 2.19. The Morgan fingerprint density at radius 3 is 2.54 bits per heavy atom. The number of para-hydroxylation sites is 1. The highest BCUT2D eigenvalue weighted by atomic mass is 16.2. The fourth-order valence-corrected chi connectivity index (χ4v) is 1.59. The van der Waals surface area contributed by atoms with Gasteiger partial charge in [-0.2, -0.15) is 0 Å². The van der Waals surface area contributed by atoms with E-state index in [1.165, 1.54) is 0 Å². The topological polar surface area (TPSA) is 46.3 Å². The largest absolute Gasteiger partial charge is 0.326 e. The third kappa shape index (κ3) is 1.55. The molecule has 0 radical (unpaired) electrons. The van der Waals surface area contributed by atoms with Gasteiger partial charge in [-0.25, -0.2) is 0 Å². The Labute approximate surface area is 77.1 Å². The number of rotatable bonds is 1. The molecule has 1 amide bonds. The molecule has 3 nitrogen and oxygen atoms in total. The highest BCUT2D eigenvalue weighted by Gasteiger charge is 2.27. The number of amides is 1. The summed E-state index contributed by atoms with van der Waals surface area (Å²) in [6.07, 6.45) is 0.467. The highest BCUT2D eigenvalue weighted by molar-refractivity contribution is 5.96. The predicted molar refractivity (Wildman–Crippen MR) is 51.4 cm³/mol. The van der Waals surface area contributed by atoms with Crippen molar-refractivity contribution in [1.82, 2.24) is 0 Å². The zero-order chi connectivity index (χ0) is 9.26. The van der Waals surface area contributed by atoms with Crippen LogP contribution in [0.1, 0.15) is 6.42 Å². The summed E-state index contributed by atoms with van der Waals surface area (Å²) in [5.74, 6) is 0.124. The second-order valence-electron chi connectivity index (χ2n) is 3.30. The number of benzene rings is 1. The predicted octanol–water partition coefficient (Wildman–Crippen LogP) is 0.751. The molecule has 0 bridgehead atoms. The van der Waals surface area contributed by atoms with Gasteiger partial charge in [-0.1, -0.05) is 18.2 Å². The molecule has 0 saturated carbocycles. The van der Waals surface area contributed by atoms with Gasteiger partial charge in [0.2, 0.25) is 5.91 Å². The van der Waals surface area contributed by atoms with Crippen molar-refractivity contribution in [1.29, 1.82) is 0 Å². The van der Waals surface area contributed by atoms with Crippen molar-refractivity contribution in [3.8, 4) is 0 Å². The van der Waals surface area contributed by atoms with Gasteiger partial charge in [0.15, 0.2) is 0 Å². The van der Waals surface area contributed by atoms with E-state index < -0.39 is 0 Å². The van der Waals surface area contributed by atoms with E-state index in [-0.39, 0.29) is 11.9 Å². The lowest BCUT2D eigenvalue weighted by Gasteiger charge is -2.15. The Balaban J connectivity index is 2.23. The molecule has 0 unspecified atom stereocenters. The molecule has 0 aromatic heterocycles. The van der Waals surface area contributed by atoms with Crippen molar-refractivity contribution in [2.75, 3.05) is 11.4 Å². The van der Waals surface area contributed by atoms with Crippen LogP contribution in [-0.4, -0.2) is 18.5 Å². The van der Waals surface area contributed by atoms with E-state index in [4.69, 9.17) is 5.73 Å². The Bertz CT molecular complexity index is 310. The van der Waals surface area contributed by atoms with Gasteiger partial charge in [-0.3, -0.25) is 4.79 Å². The molecule has 13 heavy (non-hydrogen) atoms. The number of carbonyl (C=O) groups is 1. The fourth-order valence-electron chi connectivity index (χ4n) is 1.59. The van der Waals surface area contributed by atoms with E-state index >= 15 is 0 Å². The lowest BCUT2D eigenvalue weighted by atomic mass is 10.3. The third-order valence-corrected chi connectivity index (χ3v) is 2.22. The second-order valence-corrected chi connectivity index (χ2v) is 3.30. The third-order valence-electron chi connectivity index (χ3n) is 2.22. The second kappa shape index (κ2) is 3.18. The van der Waals surface area contributed by atoms with E-state index in [1.54, 1.807) is 4.90 Å². The molecular weight excluding hydrogens is 164 g/mol. The van der Waals surface area contributed by atoms with Crippen LogP contribution < -0.4 is 10.6 Å². The van der Waals surface area contributed by atoms with Crippen LogP contribution in [0.2, 0.25) is 0 Å². The molecule has 3 heteroatoms. The smallest absolute Gasteiger partial charge is 0.228 e. The first-order valence-electron chi connectivity index (χ1n) is 4.38. The number of hydrogen-bond donors (Lipinski definition) is 1. The maximum atomic E-state index is 11.4. The van der Waals surface area contributed by atoms with Crippen LogP contribution in [0.5, 0.6) is 0 Å². The monoisotopic (exact) mass is 176 g/mol. The number of anilines is 1. The van der Waals surface area contributed by atoms with Crippen molar-refractivity contribution < 1.29 is 4.79 Å². The van der Waals surface area contributed by atoms with E-state index in [1.807, 2.05) is 30.3 Å². The summed E-state index contributed by atoms with van der Waals surface area (Å²) in [5, 5.41) is 0. The standard InChI is InChI=1S/C10H12N2O/c11-8-6-10(13)12(7-8)9-4-2-1-3-5-9/h1-5,8H,6-7,11H2/t8-/m0/s1. The minimum atomic E-state index is -0.00675. The van der Waals surface area contributed by atoms with Gasteiger partial charge in [-0.15, -0.1) is 0 Å². The summed E-state index contributed by atoms with van der Waals surface area (Å²) < 4.78 is 0. The molecule has 1 heterocycles. The molecule has 1 fully saturated rings. The van der Waals surface area contributed by atoms with E-state index in [0.717, 1.165) is 5.69 Å². The molecule has 1 atom stereocenters. The van der Waals surface area contributed by atoms with Crippen molar-refractivity contribution in [2.45, 2.75) is 12.5 Å². The Hall–Kier alpha value is -1.35. The van der Waals surface area contributed by atoms with Crippen LogP contribution >= 0.6 is 0 Å². The van der Waals surface area contributed by atoms with Gasteiger partial charge < -0.3 is 10.6 Å². The van der Waals surface area contributed by atoms with Crippen LogP contribution in [0.25, 0.3) is 0 Å². The van der Waals surface area contributed by atoms with Crippen LogP contribution in [0.3, 0.4) is 0 Å². The first kappa shape index (κ1) is 8.26. The Kier molecular flexibility index (Phi) is 2.02. The van der Waals surface area contributed by atoms with Gasteiger partial charge in [0.05, 0.1) is 0 Å². The van der Waals surface area contributed by atoms with Gasteiger partial charge >= 0.3 is 0 Å². The first-order chi connectivity index (χ1) is 6.27. The summed E-state index contributed by atoms with van der Waals surface area (Å²) >= 11 is 0. The normalized spacial score (nSPS) is 22.4. The number of nitrogens with zero attached hydrogens (tertiary/aromatic N) is 1. The van der Waals surface area contributed by atoms with Crippen molar-refractivity contribution in [3.05, 3.63) is 30.3 Å². The molecule has 0 aliphatic carbocycles. The number of nitrogens with two attached hydrogens (primary N) is 1. The zero-order valence-electron chi connectivity index (χ0n) is 7.31. The summed E-state index contributed by atoms with van der Waals surface area (Å²) in [4.78, 5) is 13.2. The molecule has 0 spiro atoms. The van der Waals surface area contributed by atoms with Crippen LogP contribution in [0, 0.1) is 0 Å². The molecule has 1 aromatic rings. The van der Waals surface area contributed by atoms with Crippen molar-refractivity contribution in [2.24, 2.45) is 5.73 Å². The number of carbonyl (C=O) groups excluding carboxylic acids is 1. The summed E-state index contributed by atoms with van der Waals surface area (Å²) in [6, 6.07) is 9.63. The molecule has 2 N–H and O–H groups in total. The number of hydrogen-bond acceptors (Lipinski definition) is 2. The molecule has 1 aliphatic rings. The molecule has 2 rings (SSSR count). The summed E-state index contributed by atoms with van der Waals surface area (Å²) in [6.45, 7) is 0.642. The quantitative estimate of drug-likeness (QED) is 0.686. The van der Waals surface area contributed by atoms with E-state index in [2.05, 4.69) is 0 Å². The molecule has 1 aromatic carbocycles. The van der Waals surface area contributed by atoms with Gasteiger partial charge in [0.25, 0.3) is 0 Å². The first-order valence-corrected chi connectivity index (χ1v) is 4.38. The van der Waals surface area contributed by atoms with Gasteiger partial charge in [-0.05, 0) is 12.1 Å². The molecule has 1 aliphatic heterocycles. The van der Waals surface area contributed by atoms with E-state index in [0.29, 0.717) is 13.0 Å². The minimum absolute atomic E-state index is 0.00675. The maximum absolute atomic E-state index is 11.4. The van der Waals surface area contributed by atoms with Crippen LogP contribution in [0.4, 0.5) is 5.69 Å². The maximum Gasteiger partial charge on any atom is 0.228 e. The molecular formula is C10H12N2O. The SMILES string of the molecule is N[C@H]1CC(=O)N(c2ccccc2)C1. The zero-order valence-corrected chi connectivity index (χ0v) is 7.31. The van der Waals surface area contributed by atoms with Crippen LogP contribution in [0.15, 0.2) is 30.3 Å².